The van der Waals surface area contributed by atoms with Gasteiger partial charge in [-0.05, 0) is 31.9 Å². The number of carbonyl (C=O) groups excluding carboxylic acids is 1. The molecular formula is C18H23NO6S. The average Bonchev–Trinajstić information content (AvgIpc) is 3.09. The van der Waals surface area contributed by atoms with E-state index < -0.39 is 32.9 Å². The quantitative estimate of drug-likeness (QED) is 0.838. The molecule has 3 rings (SSSR count). The minimum atomic E-state index is -3.68. The molecule has 0 bridgehead atoms. The van der Waals surface area contributed by atoms with Crippen LogP contribution in [-0.2, 0) is 24.2 Å². The molecule has 1 N–H and O–H groups in total. The van der Waals surface area contributed by atoms with Crippen LogP contribution in [0, 0.1) is 18.8 Å². The molecule has 1 amide bonds. The van der Waals surface area contributed by atoms with Gasteiger partial charge in [0.05, 0.1) is 35.2 Å². The van der Waals surface area contributed by atoms with Crippen molar-refractivity contribution in [3.05, 3.63) is 29.8 Å². The summed E-state index contributed by atoms with van der Waals surface area (Å²) in [7, 11) is -3.68. The largest absolute Gasteiger partial charge is 0.481 e. The summed E-state index contributed by atoms with van der Waals surface area (Å²) >= 11 is 0. The smallest absolute Gasteiger partial charge is 0.307 e. The number of aliphatic carboxylic acids is 1. The summed E-state index contributed by atoms with van der Waals surface area (Å²) < 4.78 is 31.1. The number of carbonyl (C=O) groups is 2. The van der Waals surface area contributed by atoms with Crippen molar-refractivity contribution in [2.45, 2.75) is 29.9 Å². The second kappa shape index (κ2) is 7.36. The first kappa shape index (κ1) is 18.8. The van der Waals surface area contributed by atoms with Crippen LogP contribution in [0.1, 0.15) is 18.4 Å². The normalized spacial score (nSPS) is 26.7. The van der Waals surface area contributed by atoms with Crippen molar-refractivity contribution < 1.29 is 27.9 Å². The molecule has 2 aliphatic rings. The van der Waals surface area contributed by atoms with E-state index in [1.54, 1.807) is 17.0 Å². The number of rotatable bonds is 4. The van der Waals surface area contributed by atoms with Crippen molar-refractivity contribution in [3.8, 4) is 0 Å². The number of morpholine rings is 1. The zero-order valence-electron chi connectivity index (χ0n) is 14.6. The number of amides is 1. The van der Waals surface area contributed by atoms with E-state index >= 15 is 0 Å². The Kier molecular flexibility index (Phi) is 5.34. The van der Waals surface area contributed by atoms with Crippen LogP contribution in [0.25, 0.3) is 0 Å². The maximum atomic E-state index is 12.9. The molecule has 0 spiro atoms. The third-order valence-electron chi connectivity index (χ3n) is 5.26. The lowest BCUT2D eigenvalue weighted by Crippen LogP contribution is -2.45. The summed E-state index contributed by atoms with van der Waals surface area (Å²) in [6.45, 7) is 3.53. The molecule has 2 fully saturated rings. The van der Waals surface area contributed by atoms with Gasteiger partial charge < -0.3 is 14.7 Å². The molecule has 1 aliphatic heterocycles. The lowest BCUT2D eigenvalue weighted by atomic mass is 9.94. The highest BCUT2D eigenvalue weighted by molar-refractivity contribution is 7.92. The second-order valence-corrected chi connectivity index (χ2v) is 9.17. The fourth-order valence-electron chi connectivity index (χ4n) is 3.73. The molecule has 1 aromatic carbocycles. The molecule has 1 saturated heterocycles. The maximum Gasteiger partial charge on any atom is 0.307 e. The molecule has 1 aliphatic carbocycles. The number of nitrogens with zero attached hydrogens (tertiary/aromatic N) is 1. The predicted molar refractivity (Wildman–Crippen MR) is 93.4 cm³/mol. The fourth-order valence-corrected chi connectivity index (χ4v) is 5.55. The number of carboxylic acid groups (broad SMARTS) is 1. The molecule has 3 atom stereocenters. The fraction of sp³-hybridized carbons (Fsp3) is 0.556. The Balaban J connectivity index is 1.83. The average molecular weight is 381 g/mol. The van der Waals surface area contributed by atoms with E-state index in [1.807, 2.05) is 6.92 Å². The van der Waals surface area contributed by atoms with Crippen molar-refractivity contribution in [2.75, 3.05) is 26.3 Å². The van der Waals surface area contributed by atoms with Gasteiger partial charge in [-0.15, -0.1) is 0 Å². The van der Waals surface area contributed by atoms with Crippen LogP contribution in [0.5, 0.6) is 0 Å². The number of carboxylic acids is 1. The van der Waals surface area contributed by atoms with Gasteiger partial charge in [-0.1, -0.05) is 17.7 Å². The third kappa shape index (κ3) is 3.61. The summed E-state index contributed by atoms with van der Waals surface area (Å²) in [5.41, 5.74) is 0.944. The Morgan fingerprint density at radius 3 is 2.23 bits per heavy atom. The van der Waals surface area contributed by atoms with Crippen LogP contribution in [-0.4, -0.2) is 61.9 Å². The number of ether oxygens (including phenoxy) is 1. The summed E-state index contributed by atoms with van der Waals surface area (Å²) in [5, 5.41) is 8.67. The molecule has 0 radical (unpaired) electrons. The highest BCUT2D eigenvalue weighted by Gasteiger charge is 2.48. The molecule has 1 aromatic rings. The highest BCUT2D eigenvalue weighted by Crippen LogP contribution is 2.39. The van der Waals surface area contributed by atoms with Crippen molar-refractivity contribution in [3.63, 3.8) is 0 Å². The zero-order valence-corrected chi connectivity index (χ0v) is 15.4. The van der Waals surface area contributed by atoms with E-state index in [1.165, 1.54) is 12.1 Å². The molecule has 26 heavy (non-hydrogen) atoms. The Hall–Kier alpha value is -1.93. The molecule has 8 heteroatoms. The third-order valence-corrected chi connectivity index (χ3v) is 7.46. The first-order valence-corrected chi connectivity index (χ1v) is 10.2. The standard InChI is InChI=1S/C18H23NO6S/c1-12-2-4-13(5-3-12)26(23,24)14-10-15(16(11-14)18(21)22)17(20)19-6-8-25-9-7-19/h2-5,14-16H,6-11H2,1H3,(H,21,22)/t14-,15-,16-/m1/s1. The number of hydrogen-bond acceptors (Lipinski definition) is 5. The molecule has 0 aromatic heterocycles. The number of aryl methyl sites for hydroxylation is 1. The minimum absolute atomic E-state index is 0.0354. The predicted octanol–water partition coefficient (Wildman–Crippen LogP) is 1.11. The first-order valence-electron chi connectivity index (χ1n) is 8.70. The summed E-state index contributed by atoms with van der Waals surface area (Å²) in [5.74, 6) is -3.17. The molecule has 0 unspecified atom stereocenters. The summed E-state index contributed by atoms with van der Waals surface area (Å²) in [6.07, 6.45) is 0.00958. The summed E-state index contributed by atoms with van der Waals surface area (Å²) in [6, 6.07) is 6.51. The van der Waals surface area contributed by atoms with Gasteiger partial charge in [-0.25, -0.2) is 8.42 Å². The Bertz CT molecular complexity index is 782. The SMILES string of the molecule is Cc1ccc(S(=O)(=O)[C@H]2C[C@@H](C(=O)O)[C@H](C(=O)N3CCOCC3)C2)cc1. The van der Waals surface area contributed by atoms with Gasteiger partial charge in [-0.2, -0.15) is 0 Å². The van der Waals surface area contributed by atoms with Gasteiger partial charge >= 0.3 is 5.97 Å². The highest BCUT2D eigenvalue weighted by atomic mass is 32.2. The second-order valence-electron chi connectivity index (χ2n) is 6.94. The van der Waals surface area contributed by atoms with Crippen LogP contribution in [0.15, 0.2) is 29.2 Å². The van der Waals surface area contributed by atoms with Gasteiger partial charge in [0.25, 0.3) is 0 Å². The van der Waals surface area contributed by atoms with Crippen molar-refractivity contribution in [2.24, 2.45) is 11.8 Å². The number of benzene rings is 1. The van der Waals surface area contributed by atoms with Crippen LogP contribution >= 0.6 is 0 Å². The topological polar surface area (TPSA) is 101 Å². The molecule has 1 saturated carbocycles. The monoisotopic (exact) mass is 381 g/mol. The van der Waals surface area contributed by atoms with Gasteiger partial charge in [0.1, 0.15) is 0 Å². The Morgan fingerprint density at radius 2 is 1.65 bits per heavy atom. The van der Waals surface area contributed by atoms with Gasteiger partial charge in [-0.3, -0.25) is 9.59 Å². The maximum absolute atomic E-state index is 12.9. The van der Waals surface area contributed by atoms with E-state index in [9.17, 15) is 23.1 Å². The lowest BCUT2D eigenvalue weighted by Gasteiger charge is -2.30. The minimum Gasteiger partial charge on any atom is -0.481 e. The van der Waals surface area contributed by atoms with Gasteiger partial charge in [0.15, 0.2) is 9.84 Å². The lowest BCUT2D eigenvalue weighted by molar-refractivity contribution is -0.150. The van der Waals surface area contributed by atoms with Crippen LogP contribution in [0.3, 0.4) is 0 Å². The van der Waals surface area contributed by atoms with Crippen molar-refractivity contribution in [1.29, 1.82) is 0 Å². The Morgan fingerprint density at radius 1 is 1.08 bits per heavy atom. The zero-order chi connectivity index (χ0) is 18.9. The Labute approximate surface area is 152 Å². The van der Waals surface area contributed by atoms with E-state index in [-0.39, 0.29) is 23.6 Å². The van der Waals surface area contributed by atoms with Crippen LogP contribution in [0.4, 0.5) is 0 Å². The van der Waals surface area contributed by atoms with Gasteiger partial charge in [0, 0.05) is 13.1 Å². The van der Waals surface area contributed by atoms with E-state index in [4.69, 9.17) is 4.74 Å². The molecule has 1 heterocycles. The van der Waals surface area contributed by atoms with E-state index in [0.717, 1.165) is 5.56 Å². The van der Waals surface area contributed by atoms with E-state index in [0.29, 0.717) is 26.3 Å². The molecular weight excluding hydrogens is 358 g/mol. The van der Waals surface area contributed by atoms with Crippen molar-refractivity contribution >= 4 is 21.7 Å². The summed E-state index contributed by atoms with van der Waals surface area (Å²) in [4.78, 5) is 26.2. The van der Waals surface area contributed by atoms with Crippen molar-refractivity contribution in [1.82, 2.24) is 4.90 Å². The molecule has 142 valence electrons. The first-order chi connectivity index (χ1) is 12.3. The van der Waals surface area contributed by atoms with E-state index in [2.05, 4.69) is 0 Å². The van der Waals surface area contributed by atoms with Crippen LogP contribution < -0.4 is 0 Å². The number of hydrogen-bond donors (Lipinski definition) is 1. The molecule has 7 nitrogen and oxygen atoms in total. The van der Waals surface area contributed by atoms with Crippen LogP contribution in [0.2, 0.25) is 0 Å². The number of sulfone groups is 1. The van der Waals surface area contributed by atoms with Gasteiger partial charge in [0.2, 0.25) is 5.91 Å².